The summed E-state index contributed by atoms with van der Waals surface area (Å²) in [6, 6.07) is 7.57. The predicted octanol–water partition coefficient (Wildman–Crippen LogP) is 3.13. The Morgan fingerprint density at radius 3 is 2.40 bits per heavy atom. The van der Waals surface area contributed by atoms with Crippen molar-refractivity contribution >= 4 is 33.2 Å². The minimum absolute atomic E-state index is 0.118. The molecule has 0 aliphatic heterocycles. The zero-order valence-electron chi connectivity index (χ0n) is 14.3. The van der Waals surface area contributed by atoms with Crippen LogP contribution in [0.15, 0.2) is 35.2 Å². The Bertz CT molecular complexity index is 926. The Balaban J connectivity index is 2.46. The van der Waals surface area contributed by atoms with Crippen molar-refractivity contribution in [2.75, 3.05) is 18.9 Å². The van der Waals surface area contributed by atoms with Crippen LogP contribution in [0, 0.1) is 13.8 Å². The van der Waals surface area contributed by atoms with Crippen molar-refractivity contribution < 1.29 is 17.9 Å². The number of rotatable bonds is 5. The van der Waals surface area contributed by atoms with Crippen LogP contribution in [0.25, 0.3) is 0 Å². The van der Waals surface area contributed by atoms with Crippen molar-refractivity contribution in [2.45, 2.75) is 18.7 Å². The molecule has 0 unspecified atom stereocenters. The van der Waals surface area contributed by atoms with E-state index in [1.54, 1.807) is 19.9 Å². The first-order chi connectivity index (χ1) is 11.7. The van der Waals surface area contributed by atoms with Gasteiger partial charge in [-0.1, -0.05) is 11.6 Å². The minimum atomic E-state index is -3.88. The van der Waals surface area contributed by atoms with E-state index >= 15 is 0 Å². The first-order valence-electron chi connectivity index (χ1n) is 7.39. The summed E-state index contributed by atoms with van der Waals surface area (Å²) in [7, 11) is -0.868. The number of ether oxygens (including phenoxy) is 1. The molecule has 8 heteroatoms. The van der Waals surface area contributed by atoms with E-state index in [1.165, 1.54) is 38.4 Å². The van der Waals surface area contributed by atoms with Gasteiger partial charge in [0.15, 0.2) is 0 Å². The highest BCUT2D eigenvalue weighted by Crippen LogP contribution is 2.29. The number of nitrogens with one attached hydrogen (secondary N) is 2. The van der Waals surface area contributed by atoms with E-state index < -0.39 is 10.0 Å². The van der Waals surface area contributed by atoms with Gasteiger partial charge in [0, 0.05) is 12.6 Å². The van der Waals surface area contributed by atoms with Gasteiger partial charge in [-0.2, -0.15) is 0 Å². The lowest BCUT2D eigenvalue weighted by Gasteiger charge is -2.14. The fraction of sp³-hybridized carbons (Fsp3) is 0.235. The Kier molecular flexibility index (Phi) is 5.59. The van der Waals surface area contributed by atoms with Crippen molar-refractivity contribution in [1.82, 2.24) is 5.32 Å². The monoisotopic (exact) mass is 382 g/mol. The van der Waals surface area contributed by atoms with Crippen molar-refractivity contribution in [2.24, 2.45) is 0 Å². The number of carbonyl (C=O) groups excluding carboxylic acids is 1. The molecule has 25 heavy (non-hydrogen) atoms. The van der Waals surface area contributed by atoms with Crippen LogP contribution >= 0.6 is 11.6 Å². The highest BCUT2D eigenvalue weighted by Gasteiger charge is 2.20. The van der Waals surface area contributed by atoms with Crippen LogP contribution in [0.4, 0.5) is 5.69 Å². The van der Waals surface area contributed by atoms with Gasteiger partial charge in [-0.15, -0.1) is 0 Å². The van der Waals surface area contributed by atoms with Gasteiger partial charge in [-0.25, -0.2) is 8.42 Å². The Morgan fingerprint density at radius 2 is 1.80 bits per heavy atom. The van der Waals surface area contributed by atoms with E-state index in [2.05, 4.69) is 10.0 Å². The number of sulfonamides is 1. The molecule has 0 atom stereocenters. The number of benzene rings is 2. The highest BCUT2D eigenvalue weighted by atomic mass is 35.5. The first kappa shape index (κ1) is 19.1. The molecule has 6 nitrogen and oxygen atoms in total. The van der Waals surface area contributed by atoms with Crippen LogP contribution in [0.5, 0.6) is 5.75 Å². The third-order valence-corrected chi connectivity index (χ3v) is 5.52. The molecule has 2 N–H and O–H groups in total. The molecule has 1 amide bonds. The number of halogens is 1. The van der Waals surface area contributed by atoms with Gasteiger partial charge in [0.25, 0.3) is 15.9 Å². The predicted molar refractivity (Wildman–Crippen MR) is 98.1 cm³/mol. The molecule has 0 aliphatic carbocycles. The van der Waals surface area contributed by atoms with Crippen LogP contribution < -0.4 is 14.8 Å². The molecule has 0 saturated carbocycles. The number of aryl methyl sites for hydroxylation is 2. The third kappa shape index (κ3) is 4.05. The van der Waals surface area contributed by atoms with Gasteiger partial charge in [-0.3, -0.25) is 9.52 Å². The van der Waals surface area contributed by atoms with Crippen LogP contribution in [-0.4, -0.2) is 28.5 Å². The summed E-state index contributed by atoms with van der Waals surface area (Å²) in [4.78, 5) is 11.9. The fourth-order valence-corrected chi connectivity index (χ4v) is 3.97. The first-order valence-corrected chi connectivity index (χ1v) is 9.25. The molecule has 2 aromatic rings. The highest BCUT2D eigenvalue weighted by molar-refractivity contribution is 7.92. The van der Waals surface area contributed by atoms with Gasteiger partial charge >= 0.3 is 0 Å². The number of hydrogen-bond acceptors (Lipinski definition) is 4. The summed E-state index contributed by atoms with van der Waals surface area (Å²) in [5.74, 6) is 0.268. The van der Waals surface area contributed by atoms with E-state index in [-0.39, 0.29) is 21.5 Å². The molecule has 0 saturated heterocycles. The van der Waals surface area contributed by atoms with E-state index in [4.69, 9.17) is 16.3 Å². The van der Waals surface area contributed by atoms with Crippen molar-refractivity contribution in [1.29, 1.82) is 0 Å². The molecule has 0 fully saturated rings. The van der Waals surface area contributed by atoms with Crippen LogP contribution in [0.2, 0.25) is 5.02 Å². The summed E-state index contributed by atoms with van der Waals surface area (Å²) < 4.78 is 33.2. The lowest BCUT2D eigenvalue weighted by atomic mass is 10.1. The lowest BCUT2D eigenvalue weighted by Crippen LogP contribution is -2.19. The summed E-state index contributed by atoms with van der Waals surface area (Å²) in [6.45, 7) is 3.44. The molecular weight excluding hydrogens is 364 g/mol. The molecular formula is C17H19ClN2O4S. The molecule has 0 heterocycles. The topological polar surface area (TPSA) is 84.5 Å². The summed E-state index contributed by atoms with van der Waals surface area (Å²) >= 11 is 6.08. The van der Waals surface area contributed by atoms with E-state index in [0.29, 0.717) is 22.4 Å². The molecule has 0 bridgehead atoms. The number of anilines is 1. The standard InChI is InChI=1S/C17H19ClN2O4S/c1-10-8-16(11(2)7-15(10)24-4)25(22,23)20-14-9-12(17(21)19-3)5-6-13(14)18/h5-9,20H,1-4H3,(H,19,21). The van der Waals surface area contributed by atoms with Gasteiger partial charge in [0.2, 0.25) is 0 Å². The molecule has 2 rings (SSSR count). The summed E-state index contributed by atoms with van der Waals surface area (Å²) in [6.07, 6.45) is 0. The van der Waals surface area contributed by atoms with Crippen LogP contribution in [0.1, 0.15) is 21.5 Å². The lowest BCUT2D eigenvalue weighted by molar-refractivity contribution is 0.0963. The van der Waals surface area contributed by atoms with Crippen LogP contribution in [0.3, 0.4) is 0 Å². The van der Waals surface area contributed by atoms with E-state index in [9.17, 15) is 13.2 Å². The van der Waals surface area contributed by atoms with Crippen molar-refractivity contribution in [3.8, 4) is 5.75 Å². The second-order valence-corrected chi connectivity index (χ2v) is 7.52. The average molecular weight is 383 g/mol. The second-order valence-electron chi connectivity index (χ2n) is 5.47. The maximum Gasteiger partial charge on any atom is 0.262 e. The van der Waals surface area contributed by atoms with Gasteiger partial charge in [0.1, 0.15) is 5.75 Å². The quantitative estimate of drug-likeness (QED) is 0.832. The average Bonchev–Trinajstić information content (AvgIpc) is 2.57. The Morgan fingerprint density at radius 1 is 1.12 bits per heavy atom. The second kappa shape index (κ2) is 7.33. The normalized spacial score (nSPS) is 11.1. The summed E-state index contributed by atoms with van der Waals surface area (Å²) in [5, 5.41) is 2.67. The zero-order chi connectivity index (χ0) is 18.8. The van der Waals surface area contributed by atoms with Gasteiger partial charge in [0.05, 0.1) is 22.7 Å². The zero-order valence-corrected chi connectivity index (χ0v) is 15.9. The molecule has 0 radical (unpaired) electrons. The molecule has 2 aromatic carbocycles. The number of methoxy groups -OCH3 is 1. The van der Waals surface area contributed by atoms with Crippen LogP contribution in [-0.2, 0) is 10.0 Å². The maximum atomic E-state index is 12.8. The van der Waals surface area contributed by atoms with Crippen molar-refractivity contribution in [3.63, 3.8) is 0 Å². The molecule has 0 aliphatic rings. The third-order valence-electron chi connectivity index (χ3n) is 3.68. The van der Waals surface area contributed by atoms with E-state index in [1.807, 2.05) is 0 Å². The molecule has 0 spiro atoms. The minimum Gasteiger partial charge on any atom is -0.496 e. The van der Waals surface area contributed by atoms with E-state index in [0.717, 1.165) is 0 Å². The Labute approximate surface area is 152 Å². The number of hydrogen-bond donors (Lipinski definition) is 2. The fourth-order valence-electron chi connectivity index (χ4n) is 2.36. The number of carbonyl (C=O) groups is 1. The van der Waals surface area contributed by atoms with Gasteiger partial charge < -0.3 is 10.1 Å². The smallest absolute Gasteiger partial charge is 0.262 e. The largest absolute Gasteiger partial charge is 0.496 e. The molecule has 0 aromatic heterocycles. The molecule has 134 valence electrons. The summed E-state index contributed by atoms with van der Waals surface area (Å²) in [5.41, 5.74) is 1.66. The van der Waals surface area contributed by atoms with Gasteiger partial charge in [-0.05, 0) is 55.3 Å². The van der Waals surface area contributed by atoms with Crippen molar-refractivity contribution in [3.05, 3.63) is 52.0 Å². The SMILES string of the molecule is CNC(=O)c1ccc(Cl)c(NS(=O)(=O)c2cc(C)c(OC)cc2C)c1. The Hall–Kier alpha value is -2.25. The number of amides is 1. The maximum absolute atomic E-state index is 12.8.